The average Bonchev–Trinajstić information content (AvgIpc) is 2.69. The first-order chi connectivity index (χ1) is 13.4. The maximum Gasteiger partial charge on any atom is 0.416 e. The molecular weight excluding hydrogens is 365 g/mol. The SMILES string of the molecule is O=c1ccc(-c2cccc3ccccc23)nn1Cc1ccc(C(F)(F)F)cc1. The van der Waals surface area contributed by atoms with Gasteiger partial charge in [-0.25, -0.2) is 4.68 Å². The van der Waals surface area contributed by atoms with Crippen molar-refractivity contribution in [3.8, 4) is 11.3 Å². The van der Waals surface area contributed by atoms with Gasteiger partial charge in [0.1, 0.15) is 0 Å². The lowest BCUT2D eigenvalue weighted by atomic mass is 10.0. The summed E-state index contributed by atoms with van der Waals surface area (Å²) in [6.45, 7) is 0.0928. The van der Waals surface area contributed by atoms with Crippen molar-refractivity contribution in [1.29, 1.82) is 0 Å². The number of fused-ring (bicyclic) bond motifs is 1. The number of nitrogens with zero attached hydrogens (tertiary/aromatic N) is 2. The highest BCUT2D eigenvalue weighted by atomic mass is 19.4. The van der Waals surface area contributed by atoms with Crippen LogP contribution in [0.15, 0.2) is 83.7 Å². The molecular formula is C22H15F3N2O. The lowest BCUT2D eigenvalue weighted by Gasteiger charge is -2.11. The number of rotatable bonds is 3. The minimum absolute atomic E-state index is 0.0928. The molecule has 3 nitrogen and oxygen atoms in total. The largest absolute Gasteiger partial charge is 0.416 e. The van der Waals surface area contributed by atoms with Gasteiger partial charge in [0.25, 0.3) is 5.56 Å². The fraction of sp³-hybridized carbons (Fsp3) is 0.0909. The van der Waals surface area contributed by atoms with Gasteiger partial charge in [0.2, 0.25) is 0 Å². The summed E-state index contributed by atoms with van der Waals surface area (Å²) in [5.41, 5.74) is 1.05. The highest BCUT2D eigenvalue weighted by molar-refractivity contribution is 5.95. The summed E-state index contributed by atoms with van der Waals surface area (Å²) in [5.74, 6) is 0. The zero-order valence-electron chi connectivity index (χ0n) is 14.6. The van der Waals surface area contributed by atoms with Crippen LogP contribution in [0.2, 0.25) is 0 Å². The summed E-state index contributed by atoms with van der Waals surface area (Å²) in [5, 5.41) is 6.51. The number of benzene rings is 3. The van der Waals surface area contributed by atoms with E-state index in [0.29, 0.717) is 11.3 Å². The Morgan fingerprint density at radius 3 is 2.29 bits per heavy atom. The van der Waals surface area contributed by atoms with Crippen molar-refractivity contribution in [3.05, 3.63) is 100 Å². The van der Waals surface area contributed by atoms with Gasteiger partial charge in [-0.3, -0.25) is 4.79 Å². The molecule has 1 heterocycles. The number of hydrogen-bond donors (Lipinski definition) is 0. The van der Waals surface area contributed by atoms with Crippen molar-refractivity contribution in [3.63, 3.8) is 0 Å². The Morgan fingerprint density at radius 1 is 0.821 bits per heavy atom. The van der Waals surface area contributed by atoms with Crippen molar-refractivity contribution in [1.82, 2.24) is 9.78 Å². The predicted molar refractivity (Wildman–Crippen MR) is 102 cm³/mol. The first kappa shape index (κ1) is 18.0. The van der Waals surface area contributed by atoms with E-state index in [2.05, 4.69) is 5.10 Å². The number of aromatic nitrogens is 2. The Hall–Kier alpha value is -3.41. The molecule has 1 aromatic heterocycles. The van der Waals surface area contributed by atoms with Gasteiger partial charge in [-0.2, -0.15) is 18.3 Å². The van der Waals surface area contributed by atoms with Crippen molar-refractivity contribution in [2.45, 2.75) is 12.7 Å². The standard InChI is InChI=1S/C22H15F3N2O/c23-22(24,25)17-10-8-15(9-11-17)14-27-21(28)13-12-20(26-27)19-7-3-5-16-4-1-2-6-18(16)19/h1-13H,14H2. The van der Waals surface area contributed by atoms with E-state index >= 15 is 0 Å². The summed E-state index contributed by atoms with van der Waals surface area (Å²) < 4.78 is 39.4. The second kappa shape index (κ2) is 6.96. The zero-order chi connectivity index (χ0) is 19.7. The smallest absolute Gasteiger partial charge is 0.268 e. The second-order valence-corrected chi connectivity index (χ2v) is 6.44. The molecule has 0 bridgehead atoms. The van der Waals surface area contributed by atoms with Gasteiger partial charge in [-0.1, -0.05) is 54.6 Å². The van der Waals surface area contributed by atoms with Crippen molar-refractivity contribution < 1.29 is 13.2 Å². The van der Waals surface area contributed by atoms with Crippen LogP contribution in [0.4, 0.5) is 13.2 Å². The molecule has 0 N–H and O–H groups in total. The van der Waals surface area contributed by atoms with Crippen molar-refractivity contribution in [2.75, 3.05) is 0 Å². The maximum atomic E-state index is 12.7. The summed E-state index contributed by atoms with van der Waals surface area (Å²) in [6.07, 6.45) is -4.39. The van der Waals surface area contributed by atoms with Gasteiger partial charge in [-0.05, 0) is 34.5 Å². The van der Waals surface area contributed by atoms with Crippen molar-refractivity contribution >= 4 is 10.8 Å². The topological polar surface area (TPSA) is 34.9 Å². The molecule has 4 aromatic rings. The molecule has 0 radical (unpaired) electrons. The van der Waals surface area contributed by atoms with Crippen LogP contribution < -0.4 is 5.56 Å². The van der Waals surface area contributed by atoms with Gasteiger partial charge in [0.05, 0.1) is 17.8 Å². The van der Waals surface area contributed by atoms with Crippen LogP contribution in [-0.2, 0) is 12.7 Å². The van der Waals surface area contributed by atoms with Crippen LogP contribution in [0.5, 0.6) is 0 Å². The van der Waals surface area contributed by atoms with Gasteiger partial charge in [0.15, 0.2) is 0 Å². The average molecular weight is 380 g/mol. The summed E-state index contributed by atoms with van der Waals surface area (Å²) in [6, 6.07) is 21.5. The number of hydrogen-bond acceptors (Lipinski definition) is 2. The Balaban J connectivity index is 1.71. The Bertz CT molecular complexity index is 1190. The van der Waals surface area contributed by atoms with Crippen molar-refractivity contribution in [2.24, 2.45) is 0 Å². The molecule has 6 heteroatoms. The maximum absolute atomic E-state index is 12.7. The fourth-order valence-electron chi connectivity index (χ4n) is 3.13. The third-order valence-corrected chi connectivity index (χ3v) is 4.55. The summed E-state index contributed by atoms with van der Waals surface area (Å²) in [7, 11) is 0. The first-order valence-corrected chi connectivity index (χ1v) is 8.64. The van der Waals surface area contributed by atoms with E-state index in [1.807, 2.05) is 42.5 Å². The molecule has 28 heavy (non-hydrogen) atoms. The molecule has 140 valence electrons. The molecule has 0 saturated heterocycles. The van der Waals surface area contributed by atoms with E-state index < -0.39 is 11.7 Å². The van der Waals surface area contributed by atoms with Crippen LogP contribution in [0.1, 0.15) is 11.1 Å². The lowest BCUT2D eigenvalue weighted by Crippen LogP contribution is -2.22. The normalized spacial score (nSPS) is 11.7. The second-order valence-electron chi connectivity index (χ2n) is 6.44. The van der Waals surface area contributed by atoms with E-state index in [9.17, 15) is 18.0 Å². The van der Waals surface area contributed by atoms with Crippen LogP contribution in [0.25, 0.3) is 22.0 Å². The van der Waals surface area contributed by atoms with Gasteiger partial charge >= 0.3 is 6.18 Å². The summed E-state index contributed by atoms with van der Waals surface area (Å²) >= 11 is 0. The van der Waals surface area contributed by atoms with Crippen LogP contribution in [0, 0.1) is 0 Å². The Kier molecular flexibility index (Phi) is 4.47. The van der Waals surface area contributed by atoms with E-state index in [4.69, 9.17) is 0 Å². The molecule has 0 atom stereocenters. The molecule has 3 aromatic carbocycles. The quantitative estimate of drug-likeness (QED) is 0.494. The van der Waals surface area contributed by atoms with Crippen LogP contribution >= 0.6 is 0 Å². The highest BCUT2D eigenvalue weighted by Gasteiger charge is 2.29. The molecule has 4 rings (SSSR count). The predicted octanol–water partition coefficient (Wildman–Crippen LogP) is 5.13. The molecule has 0 aliphatic carbocycles. The van der Waals surface area contributed by atoms with E-state index in [-0.39, 0.29) is 12.1 Å². The molecule has 0 amide bonds. The Morgan fingerprint density at radius 2 is 1.54 bits per heavy atom. The van der Waals surface area contributed by atoms with E-state index in [1.54, 1.807) is 6.07 Å². The molecule has 0 fully saturated rings. The third kappa shape index (κ3) is 3.53. The van der Waals surface area contributed by atoms with Gasteiger partial charge < -0.3 is 0 Å². The zero-order valence-corrected chi connectivity index (χ0v) is 14.6. The number of halogens is 3. The minimum Gasteiger partial charge on any atom is -0.268 e. The lowest BCUT2D eigenvalue weighted by molar-refractivity contribution is -0.137. The van der Waals surface area contributed by atoms with Crippen LogP contribution in [0.3, 0.4) is 0 Å². The van der Waals surface area contributed by atoms with Crippen LogP contribution in [-0.4, -0.2) is 9.78 Å². The van der Waals surface area contributed by atoms with Gasteiger partial charge in [-0.15, -0.1) is 0 Å². The fourth-order valence-corrected chi connectivity index (χ4v) is 3.13. The molecule has 0 saturated carbocycles. The molecule has 0 aliphatic rings. The van der Waals surface area contributed by atoms with E-state index in [0.717, 1.165) is 28.5 Å². The van der Waals surface area contributed by atoms with E-state index in [1.165, 1.54) is 22.9 Å². The van der Waals surface area contributed by atoms with Gasteiger partial charge in [0, 0.05) is 11.6 Å². The molecule has 0 spiro atoms. The minimum atomic E-state index is -4.39. The molecule has 0 aliphatic heterocycles. The highest BCUT2D eigenvalue weighted by Crippen LogP contribution is 2.29. The summed E-state index contributed by atoms with van der Waals surface area (Å²) in [4.78, 5) is 12.2. The Labute approximate surface area is 158 Å². The monoisotopic (exact) mass is 380 g/mol. The number of alkyl halides is 3. The first-order valence-electron chi connectivity index (χ1n) is 8.64. The molecule has 0 unspecified atom stereocenters. The third-order valence-electron chi connectivity index (χ3n) is 4.55.